The lowest BCUT2D eigenvalue weighted by Crippen LogP contribution is -2.24. The van der Waals surface area contributed by atoms with Crippen LogP contribution in [0.2, 0.25) is 0 Å². The van der Waals surface area contributed by atoms with E-state index in [2.05, 4.69) is 21.1 Å². The molecule has 0 radical (unpaired) electrons. The fraction of sp³-hybridized carbons (Fsp3) is 0.214. The highest BCUT2D eigenvalue weighted by Crippen LogP contribution is 2.19. The van der Waals surface area contributed by atoms with E-state index in [1.165, 1.54) is 12.4 Å². The lowest BCUT2D eigenvalue weighted by molar-refractivity contribution is -0.123. The SMILES string of the molecule is Cc1ccc(C)c(OCC(=O)N/N=C/c2ccc(/C=N/NC(=O)COc3cc(C)ccc3C)cc2)c1. The average Bonchev–Trinajstić information content (AvgIpc) is 2.86. The van der Waals surface area contributed by atoms with Crippen molar-refractivity contribution in [1.29, 1.82) is 0 Å². The number of aryl methyl sites for hydroxylation is 4. The number of benzene rings is 3. The fourth-order valence-electron chi connectivity index (χ4n) is 3.10. The van der Waals surface area contributed by atoms with Gasteiger partial charge in [0.2, 0.25) is 0 Å². The number of hydrogen-bond acceptors (Lipinski definition) is 6. The topological polar surface area (TPSA) is 101 Å². The number of hydrazone groups is 2. The number of rotatable bonds is 10. The van der Waals surface area contributed by atoms with Gasteiger partial charge in [-0.2, -0.15) is 10.2 Å². The highest BCUT2D eigenvalue weighted by atomic mass is 16.5. The zero-order chi connectivity index (χ0) is 25.9. The van der Waals surface area contributed by atoms with Crippen molar-refractivity contribution >= 4 is 24.2 Å². The molecule has 8 nitrogen and oxygen atoms in total. The van der Waals surface area contributed by atoms with Gasteiger partial charge in [0, 0.05) is 0 Å². The van der Waals surface area contributed by atoms with E-state index in [1.54, 1.807) is 0 Å². The molecule has 0 aromatic heterocycles. The number of carbonyl (C=O) groups excluding carboxylic acids is 2. The van der Waals surface area contributed by atoms with E-state index in [9.17, 15) is 9.59 Å². The number of carbonyl (C=O) groups is 2. The Hall–Kier alpha value is -4.46. The summed E-state index contributed by atoms with van der Waals surface area (Å²) < 4.78 is 11.1. The van der Waals surface area contributed by atoms with Gasteiger partial charge in [0.05, 0.1) is 12.4 Å². The molecule has 0 aliphatic carbocycles. The van der Waals surface area contributed by atoms with Crippen LogP contribution in [0.1, 0.15) is 33.4 Å². The van der Waals surface area contributed by atoms with Gasteiger partial charge in [-0.3, -0.25) is 9.59 Å². The molecule has 3 rings (SSSR count). The fourth-order valence-corrected chi connectivity index (χ4v) is 3.10. The van der Waals surface area contributed by atoms with E-state index in [-0.39, 0.29) is 25.0 Å². The van der Waals surface area contributed by atoms with Crippen LogP contribution >= 0.6 is 0 Å². The van der Waals surface area contributed by atoms with Crippen LogP contribution in [0, 0.1) is 27.7 Å². The van der Waals surface area contributed by atoms with Gasteiger partial charge >= 0.3 is 0 Å². The van der Waals surface area contributed by atoms with Crippen LogP contribution < -0.4 is 20.3 Å². The summed E-state index contributed by atoms with van der Waals surface area (Å²) in [4.78, 5) is 24.0. The molecule has 36 heavy (non-hydrogen) atoms. The minimum absolute atomic E-state index is 0.127. The number of ether oxygens (including phenoxy) is 2. The second kappa shape index (κ2) is 12.9. The molecule has 0 saturated carbocycles. The van der Waals surface area contributed by atoms with Gasteiger partial charge in [-0.1, -0.05) is 48.5 Å². The first-order valence-electron chi connectivity index (χ1n) is 11.4. The second-order valence-corrected chi connectivity index (χ2v) is 8.37. The Balaban J connectivity index is 1.39. The maximum absolute atomic E-state index is 12.0. The van der Waals surface area contributed by atoms with E-state index in [1.807, 2.05) is 88.4 Å². The van der Waals surface area contributed by atoms with Crippen molar-refractivity contribution in [1.82, 2.24) is 10.9 Å². The van der Waals surface area contributed by atoms with E-state index in [0.717, 1.165) is 33.4 Å². The van der Waals surface area contributed by atoms with E-state index >= 15 is 0 Å². The molecular formula is C28H30N4O4. The van der Waals surface area contributed by atoms with Crippen LogP contribution in [0.4, 0.5) is 0 Å². The molecule has 0 fully saturated rings. The van der Waals surface area contributed by atoms with Crippen molar-refractivity contribution in [3.05, 3.63) is 94.0 Å². The van der Waals surface area contributed by atoms with Crippen molar-refractivity contribution < 1.29 is 19.1 Å². The molecule has 0 unspecified atom stereocenters. The van der Waals surface area contributed by atoms with Crippen LogP contribution in [0.3, 0.4) is 0 Å². The summed E-state index contributed by atoms with van der Waals surface area (Å²) in [6.07, 6.45) is 3.06. The summed E-state index contributed by atoms with van der Waals surface area (Å²) in [6, 6.07) is 18.9. The average molecular weight is 487 g/mol. The zero-order valence-electron chi connectivity index (χ0n) is 20.9. The van der Waals surface area contributed by atoms with Gasteiger partial charge in [0.1, 0.15) is 11.5 Å². The first-order chi connectivity index (χ1) is 17.3. The molecule has 0 bridgehead atoms. The van der Waals surface area contributed by atoms with Gasteiger partial charge in [-0.15, -0.1) is 0 Å². The van der Waals surface area contributed by atoms with E-state index < -0.39 is 0 Å². The molecule has 2 N–H and O–H groups in total. The van der Waals surface area contributed by atoms with Crippen LogP contribution in [0.25, 0.3) is 0 Å². The van der Waals surface area contributed by atoms with E-state index in [4.69, 9.17) is 9.47 Å². The third-order valence-corrected chi connectivity index (χ3v) is 5.15. The summed E-state index contributed by atoms with van der Waals surface area (Å²) in [5.41, 5.74) is 10.5. The summed E-state index contributed by atoms with van der Waals surface area (Å²) >= 11 is 0. The predicted octanol–water partition coefficient (Wildman–Crippen LogP) is 3.98. The van der Waals surface area contributed by atoms with Gasteiger partial charge in [-0.05, 0) is 73.2 Å². The Morgan fingerprint density at radius 1 is 0.667 bits per heavy atom. The van der Waals surface area contributed by atoms with Crippen LogP contribution in [0.5, 0.6) is 11.5 Å². The molecule has 0 saturated heterocycles. The first-order valence-corrected chi connectivity index (χ1v) is 11.4. The molecule has 0 aliphatic heterocycles. The van der Waals surface area contributed by atoms with Gasteiger partial charge < -0.3 is 9.47 Å². The number of nitrogens with zero attached hydrogens (tertiary/aromatic N) is 2. The molecule has 186 valence electrons. The van der Waals surface area contributed by atoms with Gasteiger partial charge in [0.25, 0.3) is 11.8 Å². The minimum Gasteiger partial charge on any atom is -0.483 e. The normalized spacial score (nSPS) is 11.0. The van der Waals surface area contributed by atoms with E-state index in [0.29, 0.717) is 11.5 Å². The Morgan fingerprint density at radius 2 is 1.06 bits per heavy atom. The smallest absolute Gasteiger partial charge is 0.277 e. The maximum Gasteiger partial charge on any atom is 0.277 e. The second-order valence-electron chi connectivity index (χ2n) is 8.37. The molecule has 0 atom stereocenters. The van der Waals surface area contributed by atoms with Crippen molar-refractivity contribution in [2.45, 2.75) is 27.7 Å². The summed E-state index contributed by atoms with van der Waals surface area (Å²) in [6.45, 7) is 7.53. The van der Waals surface area contributed by atoms with Crippen LogP contribution in [-0.4, -0.2) is 37.5 Å². The highest BCUT2D eigenvalue weighted by Gasteiger charge is 2.05. The van der Waals surface area contributed by atoms with Crippen molar-refractivity contribution in [3.63, 3.8) is 0 Å². The van der Waals surface area contributed by atoms with Crippen LogP contribution in [-0.2, 0) is 9.59 Å². The third-order valence-electron chi connectivity index (χ3n) is 5.15. The first kappa shape index (κ1) is 26.2. The lowest BCUT2D eigenvalue weighted by Gasteiger charge is -2.08. The van der Waals surface area contributed by atoms with Crippen molar-refractivity contribution in [2.75, 3.05) is 13.2 Å². The zero-order valence-corrected chi connectivity index (χ0v) is 20.9. The molecule has 3 aromatic rings. The van der Waals surface area contributed by atoms with Crippen LogP contribution in [0.15, 0.2) is 70.9 Å². The van der Waals surface area contributed by atoms with Gasteiger partial charge in [0.15, 0.2) is 13.2 Å². The Labute approximate surface area is 211 Å². The van der Waals surface area contributed by atoms with Gasteiger partial charge in [-0.25, -0.2) is 10.9 Å². The lowest BCUT2D eigenvalue weighted by atomic mass is 10.1. The third kappa shape index (κ3) is 8.39. The Morgan fingerprint density at radius 3 is 1.44 bits per heavy atom. The number of amides is 2. The largest absolute Gasteiger partial charge is 0.483 e. The Bertz CT molecular complexity index is 1170. The van der Waals surface area contributed by atoms with Crippen molar-refractivity contribution in [3.8, 4) is 11.5 Å². The molecular weight excluding hydrogens is 456 g/mol. The summed E-state index contributed by atoms with van der Waals surface area (Å²) in [7, 11) is 0. The standard InChI is InChI=1S/C28H30N4O4/c1-19-5-7-21(3)25(13-19)35-17-27(33)31-29-15-23-9-11-24(12-10-23)16-30-32-28(34)18-36-26-14-20(2)6-8-22(26)4/h5-16H,17-18H2,1-4H3,(H,31,33)(H,32,34)/b29-15+,30-16+. The predicted molar refractivity (Wildman–Crippen MR) is 141 cm³/mol. The molecule has 8 heteroatoms. The highest BCUT2D eigenvalue weighted by molar-refractivity contribution is 5.86. The summed E-state index contributed by atoms with van der Waals surface area (Å²) in [5, 5.41) is 7.91. The molecule has 2 amide bonds. The number of hydrogen-bond donors (Lipinski definition) is 2. The minimum atomic E-state index is -0.354. The molecule has 0 aliphatic rings. The molecule has 0 spiro atoms. The quantitative estimate of drug-likeness (QED) is 0.334. The van der Waals surface area contributed by atoms with Crippen molar-refractivity contribution in [2.24, 2.45) is 10.2 Å². The molecule has 3 aromatic carbocycles. The monoisotopic (exact) mass is 486 g/mol. The summed E-state index contributed by atoms with van der Waals surface area (Å²) in [5.74, 6) is 0.648. The number of nitrogens with one attached hydrogen (secondary N) is 2. The maximum atomic E-state index is 12.0. The molecule has 0 heterocycles. The Kier molecular flexibility index (Phi) is 9.33.